The Hall–Kier alpha value is -2.37. The van der Waals surface area contributed by atoms with Gasteiger partial charge in [-0.15, -0.1) is 0 Å². The molecule has 0 aliphatic carbocycles. The number of carbonyl (C=O) groups excluding carboxylic acids is 3. The second-order valence-corrected chi connectivity index (χ2v) is 19.5. The smallest absolute Gasteiger partial charge is 0.306 e. The van der Waals surface area contributed by atoms with Crippen LogP contribution in [0.25, 0.3) is 0 Å². The molecule has 0 fully saturated rings. The summed E-state index contributed by atoms with van der Waals surface area (Å²) in [7, 11) is 0. The number of unbranched alkanes of at least 4 members (excludes halogenated alkanes) is 36. The van der Waals surface area contributed by atoms with E-state index in [2.05, 4.69) is 57.2 Å². The number of allylic oxidation sites excluding steroid dienone is 6. The molecule has 6 nitrogen and oxygen atoms in total. The Kier molecular flexibility index (Phi) is 53.2. The zero-order chi connectivity index (χ0) is 47.9. The summed E-state index contributed by atoms with van der Waals surface area (Å²) in [5, 5.41) is 0. The van der Waals surface area contributed by atoms with Gasteiger partial charge in [-0.2, -0.15) is 0 Å². The molecule has 0 rings (SSSR count). The first kappa shape index (κ1) is 63.6. The Morgan fingerprint density at radius 2 is 0.591 bits per heavy atom. The van der Waals surface area contributed by atoms with Crippen LogP contribution in [0.2, 0.25) is 0 Å². The molecular weight excluding hydrogens is 817 g/mol. The molecule has 0 saturated carbocycles. The van der Waals surface area contributed by atoms with Crippen LogP contribution in [0.4, 0.5) is 0 Å². The summed E-state index contributed by atoms with van der Waals surface area (Å²) in [5.41, 5.74) is 0. The van der Waals surface area contributed by atoms with Crippen molar-refractivity contribution < 1.29 is 28.6 Å². The van der Waals surface area contributed by atoms with Crippen molar-refractivity contribution in [1.29, 1.82) is 0 Å². The molecule has 0 aliphatic heterocycles. The predicted molar refractivity (Wildman–Crippen MR) is 284 cm³/mol. The molecule has 0 N–H and O–H groups in total. The van der Waals surface area contributed by atoms with Crippen LogP contribution in [-0.2, 0) is 28.6 Å². The molecule has 0 aromatic rings. The highest BCUT2D eigenvalue weighted by atomic mass is 16.6. The summed E-state index contributed by atoms with van der Waals surface area (Å²) in [6.45, 7) is 6.56. The van der Waals surface area contributed by atoms with E-state index in [1.807, 2.05) is 0 Å². The maximum atomic E-state index is 12.8. The van der Waals surface area contributed by atoms with Crippen molar-refractivity contribution in [3.8, 4) is 0 Å². The zero-order valence-electron chi connectivity index (χ0n) is 44.2. The molecule has 66 heavy (non-hydrogen) atoms. The van der Waals surface area contributed by atoms with Crippen molar-refractivity contribution in [2.24, 2.45) is 0 Å². The number of rotatable bonds is 53. The Morgan fingerprint density at radius 1 is 0.318 bits per heavy atom. The van der Waals surface area contributed by atoms with E-state index >= 15 is 0 Å². The molecule has 1 unspecified atom stereocenters. The molecule has 0 aromatic carbocycles. The summed E-state index contributed by atoms with van der Waals surface area (Å²) in [6, 6.07) is 0. The number of esters is 3. The fourth-order valence-electron chi connectivity index (χ4n) is 8.54. The number of carbonyl (C=O) groups is 3. The Bertz CT molecular complexity index is 1110. The summed E-state index contributed by atoms with van der Waals surface area (Å²) in [4.78, 5) is 38.1. The molecule has 0 saturated heterocycles. The molecule has 1 atom stereocenters. The highest BCUT2D eigenvalue weighted by Gasteiger charge is 2.19. The van der Waals surface area contributed by atoms with Gasteiger partial charge in [0.25, 0.3) is 0 Å². The minimum absolute atomic E-state index is 0.0756. The molecule has 0 heterocycles. The lowest BCUT2D eigenvalue weighted by Crippen LogP contribution is -2.30. The Labute approximate surface area is 410 Å². The predicted octanol–water partition coefficient (Wildman–Crippen LogP) is 19.3. The maximum absolute atomic E-state index is 12.8. The van der Waals surface area contributed by atoms with Crippen molar-refractivity contribution in [2.75, 3.05) is 13.2 Å². The van der Waals surface area contributed by atoms with Gasteiger partial charge in [0.05, 0.1) is 0 Å². The lowest BCUT2D eigenvalue weighted by Gasteiger charge is -2.18. The molecular formula is C60H110O6. The van der Waals surface area contributed by atoms with Crippen molar-refractivity contribution in [1.82, 2.24) is 0 Å². The van der Waals surface area contributed by atoms with Gasteiger partial charge in [0.1, 0.15) is 13.2 Å². The Morgan fingerprint density at radius 3 is 0.924 bits per heavy atom. The van der Waals surface area contributed by atoms with E-state index in [1.165, 1.54) is 186 Å². The number of hydrogen-bond donors (Lipinski definition) is 0. The highest BCUT2D eigenvalue weighted by molar-refractivity contribution is 5.71. The van der Waals surface area contributed by atoms with Crippen molar-refractivity contribution in [3.63, 3.8) is 0 Å². The zero-order valence-corrected chi connectivity index (χ0v) is 44.2. The fourth-order valence-corrected chi connectivity index (χ4v) is 8.54. The second kappa shape index (κ2) is 55.2. The summed E-state index contributed by atoms with van der Waals surface area (Å²) in [6.07, 6.45) is 65.7. The normalized spacial score (nSPS) is 12.2. The average Bonchev–Trinajstić information content (AvgIpc) is 3.31. The highest BCUT2D eigenvalue weighted by Crippen LogP contribution is 2.17. The number of hydrogen-bond acceptors (Lipinski definition) is 6. The van der Waals surface area contributed by atoms with E-state index in [0.717, 1.165) is 83.5 Å². The molecule has 0 spiro atoms. The molecule has 0 amide bonds. The first-order valence-electron chi connectivity index (χ1n) is 29.0. The van der Waals surface area contributed by atoms with Gasteiger partial charge in [-0.3, -0.25) is 14.4 Å². The molecule has 0 bridgehead atoms. The van der Waals surface area contributed by atoms with Crippen LogP contribution in [-0.4, -0.2) is 37.2 Å². The lowest BCUT2D eigenvalue weighted by atomic mass is 10.0. The largest absolute Gasteiger partial charge is 0.462 e. The Balaban J connectivity index is 4.31. The van der Waals surface area contributed by atoms with Crippen LogP contribution in [0.3, 0.4) is 0 Å². The van der Waals surface area contributed by atoms with Crippen LogP contribution in [0.15, 0.2) is 36.5 Å². The van der Waals surface area contributed by atoms with Crippen LogP contribution in [0.1, 0.15) is 310 Å². The van der Waals surface area contributed by atoms with Gasteiger partial charge in [0.2, 0.25) is 0 Å². The van der Waals surface area contributed by atoms with Gasteiger partial charge < -0.3 is 14.2 Å². The van der Waals surface area contributed by atoms with Crippen LogP contribution in [0.5, 0.6) is 0 Å². The quantitative estimate of drug-likeness (QED) is 0.0262. The fraction of sp³-hybridized carbons (Fsp3) is 0.850. The third-order valence-corrected chi connectivity index (χ3v) is 12.9. The van der Waals surface area contributed by atoms with Gasteiger partial charge in [0.15, 0.2) is 6.10 Å². The topological polar surface area (TPSA) is 78.9 Å². The maximum Gasteiger partial charge on any atom is 0.306 e. The van der Waals surface area contributed by atoms with E-state index < -0.39 is 6.10 Å². The van der Waals surface area contributed by atoms with Gasteiger partial charge in [0, 0.05) is 19.3 Å². The van der Waals surface area contributed by atoms with E-state index in [1.54, 1.807) is 0 Å². The van der Waals surface area contributed by atoms with Gasteiger partial charge in [-0.25, -0.2) is 0 Å². The number of ether oxygens (including phenoxy) is 3. The third kappa shape index (κ3) is 52.6. The standard InChI is InChI=1S/C60H110O6/c1-4-7-10-13-16-19-22-25-27-29-30-32-33-35-38-41-44-47-50-53-59(62)65-56-57(55-64-58(61)52-49-46-43-40-37-24-21-18-15-12-9-6-3)66-60(63)54-51-48-45-42-39-36-34-31-28-26-23-20-17-14-11-8-5-2/h9,12,18,21,29-30,57H,4-8,10-11,13-17,19-20,22-28,31-56H2,1-3H3/b12-9-,21-18-,30-29-. The lowest BCUT2D eigenvalue weighted by molar-refractivity contribution is -0.167. The van der Waals surface area contributed by atoms with Gasteiger partial charge in [-0.05, 0) is 70.6 Å². The van der Waals surface area contributed by atoms with Crippen LogP contribution in [0, 0.1) is 0 Å². The molecule has 0 aromatic heterocycles. The van der Waals surface area contributed by atoms with Gasteiger partial charge >= 0.3 is 17.9 Å². The molecule has 386 valence electrons. The first-order chi connectivity index (χ1) is 32.5. The monoisotopic (exact) mass is 927 g/mol. The minimum Gasteiger partial charge on any atom is -0.462 e. The molecule has 6 heteroatoms. The van der Waals surface area contributed by atoms with Crippen molar-refractivity contribution >= 4 is 17.9 Å². The van der Waals surface area contributed by atoms with E-state index in [-0.39, 0.29) is 31.1 Å². The summed E-state index contributed by atoms with van der Waals surface area (Å²) in [5.74, 6) is -0.877. The van der Waals surface area contributed by atoms with Gasteiger partial charge in [-0.1, -0.05) is 256 Å². The van der Waals surface area contributed by atoms with E-state index in [0.29, 0.717) is 19.3 Å². The van der Waals surface area contributed by atoms with Crippen molar-refractivity contribution in [2.45, 2.75) is 316 Å². The summed E-state index contributed by atoms with van der Waals surface area (Å²) < 4.78 is 16.9. The molecule has 0 aliphatic rings. The third-order valence-electron chi connectivity index (χ3n) is 12.9. The molecule has 0 radical (unpaired) electrons. The average molecular weight is 928 g/mol. The van der Waals surface area contributed by atoms with Crippen molar-refractivity contribution in [3.05, 3.63) is 36.5 Å². The summed E-state index contributed by atoms with van der Waals surface area (Å²) >= 11 is 0. The van der Waals surface area contributed by atoms with E-state index in [4.69, 9.17) is 14.2 Å². The first-order valence-corrected chi connectivity index (χ1v) is 29.0. The minimum atomic E-state index is -0.776. The SMILES string of the molecule is CC/C=C\C/C=C\CCCCCCCC(=O)OCC(COC(=O)CCCCCCCCC/C=C\CCCCCCCCCC)OC(=O)CCCCCCCCCCCCCCCCCCC. The second-order valence-electron chi connectivity index (χ2n) is 19.5. The van der Waals surface area contributed by atoms with Crippen LogP contribution < -0.4 is 0 Å². The van der Waals surface area contributed by atoms with Crippen LogP contribution >= 0.6 is 0 Å². The van der Waals surface area contributed by atoms with E-state index in [9.17, 15) is 14.4 Å².